The number of nitrogens with one attached hydrogen (secondary N) is 1. The molecule has 2 heterocycles. The standard InChI is InChI=1S/C30H25ClF3N5O4S/c1-44(43)21-12-18(32)11-20(13-21)38(29(42)24-6-7-26(40)39(24)25-10-17(16-35)8-9-36-25)27(22-4-2-3-5-23(22)31)28(41)37-19-14-30(33,34)15-19/h2-5,8-13,19,24,27H,6-7,14-15H2,1H3,(H,37,41)/t24-,27-,44+/m0/s1. The van der Waals surface area contributed by atoms with E-state index in [1.54, 1.807) is 12.1 Å². The molecule has 0 bridgehead atoms. The Balaban J connectivity index is 1.66. The van der Waals surface area contributed by atoms with Crippen LogP contribution in [0.4, 0.5) is 24.7 Å². The Morgan fingerprint density at radius 2 is 1.93 bits per heavy atom. The predicted molar refractivity (Wildman–Crippen MR) is 156 cm³/mol. The van der Waals surface area contributed by atoms with Gasteiger partial charge in [-0.15, -0.1) is 0 Å². The average Bonchev–Trinajstić information content (AvgIpc) is 3.36. The van der Waals surface area contributed by atoms with Crippen molar-refractivity contribution >= 4 is 51.6 Å². The number of aromatic nitrogens is 1. The molecule has 1 aromatic heterocycles. The van der Waals surface area contributed by atoms with Crippen LogP contribution in [0, 0.1) is 17.1 Å². The van der Waals surface area contributed by atoms with E-state index < -0.39 is 71.2 Å². The van der Waals surface area contributed by atoms with Gasteiger partial charge >= 0.3 is 0 Å². The molecule has 1 saturated carbocycles. The monoisotopic (exact) mass is 643 g/mol. The van der Waals surface area contributed by atoms with Crippen LogP contribution in [0.2, 0.25) is 5.02 Å². The largest absolute Gasteiger partial charge is 0.351 e. The van der Waals surface area contributed by atoms with Crippen molar-refractivity contribution in [2.75, 3.05) is 16.1 Å². The minimum absolute atomic E-state index is 0.0116. The zero-order valence-electron chi connectivity index (χ0n) is 23.2. The first-order valence-corrected chi connectivity index (χ1v) is 15.4. The summed E-state index contributed by atoms with van der Waals surface area (Å²) in [6, 6.07) is 10.3. The van der Waals surface area contributed by atoms with Crippen LogP contribution >= 0.6 is 11.6 Å². The van der Waals surface area contributed by atoms with Crippen LogP contribution in [-0.4, -0.2) is 51.2 Å². The Hall–Kier alpha value is -4.28. The van der Waals surface area contributed by atoms with Crippen molar-refractivity contribution in [3.8, 4) is 6.07 Å². The van der Waals surface area contributed by atoms with E-state index in [1.807, 2.05) is 6.07 Å². The highest BCUT2D eigenvalue weighted by atomic mass is 35.5. The summed E-state index contributed by atoms with van der Waals surface area (Å²) in [6.45, 7) is 0. The summed E-state index contributed by atoms with van der Waals surface area (Å²) in [5.41, 5.74) is 0.121. The van der Waals surface area contributed by atoms with Crippen molar-refractivity contribution in [2.24, 2.45) is 0 Å². The summed E-state index contributed by atoms with van der Waals surface area (Å²) in [4.78, 5) is 47.9. The summed E-state index contributed by atoms with van der Waals surface area (Å²) >= 11 is 6.52. The molecule has 3 aromatic rings. The Morgan fingerprint density at radius 1 is 1.20 bits per heavy atom. The van der Waals surface area contributed by atoms with Crippen molar-refractivity contribution in [1.29, 1.82) is 5.26 Å². The Bertz CT molecular complexity index is 1710. The van der Waals surface area contributed by atoms with Crippen LogP contribution in [0.5, 0.6) is 0 Å². The van der Waals surface area contributed by atoms with Crippen LogP contribution in [0.1, 0.15) is 42.9 Å². The lowest BCUT2D eigenvalue weighted by molar-refractivity contribution is -0.133. The lowest BCUT2D eigenvalue weighted by Gasteiger charge is -2.39. The maximum atomic E-state index is 15.0. The fourth-order valence-corrected chi connectivity index (χ4v) is 6.18. The molecule has 3 atom stereocenters. The van der Waals surface area contributed by atoms with Crippen molar-refractivity contribution < 1.29 is 31.8 Å². The van der Waals surface area contributed by atoms with Crippen molar-refractivity contribution in [3.05, 3.63) is 82.8 Å². The molecule has 1 N–H and O–H groups in total. The first-order chi connectivity index (χ1) is 20.9. The summed E-state index contributed by atoms with van der Waals surface area (Å²) in [5, 5.41) is 12.0. The van der Waals surface area contributed by atoms with Gasteiger partial charge in [0.2, 0.25) is 11.8 Å². The first kappa shape index (κ1) is 31.2. The topological polar surface area (TPSA) is 123 Å². The molecule has 9 nitrogen and oxygen atoms in total. The zero-order valence-corrected chi connectivity index (χ0v) is 24.7. The third-order valence-electron chi connectivity index (χ3n) is 7.46. The van der Waals surface area contributed by atoms with Crippen molar-refractivity contribution in [2.45, 2.75) is 54.6 Å². The highest BCUT2D eigenvalue weighted by Gasteiger charge is 2.48. The van der Waals surface area contributed by atoms with E-state index in [1.165, 1.54) is 42.8 Å². The number of hydrogen-bond donors (Lipinski definition) is 1. The number of nitriles is 1. The third kappa shape index (κ3) is 6.32. The molecular formula is C30H25ClF3N5O4S. The van der Waals surface area contributed by atoms with Gasteiger partial charge < -0.3 is 5.32 Å². The highest BCUT2D eigenvalue weighted by molar-refractivity contribution is 7.84. The number of anilines is 2. The van der Waals surface area contributed by atoms with Crippen LogP contribution in [0.3, 0.4) is 0 Å². The lowest BCUT2D eigenvalue weighted by Crippen LogP contribution is -2.56. The van der Waals surface area contributed by atoms with Crippen molar-refractivity contribution in [1.82, 2.24) is 10.3 Å². The van der Waals surface area contributed by atoms with Gasteiger partial charge in [0.1, 0.15) is 23.7 Å². The number of alkyl halides is 2. The number of carbonyl (C=O) groups excluding carboxylic acids is 3. The first-order valence-electron chi connectivity index (χ1n) is 13.5. The van der Waals surface area contributed by atoms with Gasteiger partial charge in [-0.05, 0) is 42.8 Å². The molecule has 3 amide bonds. The number of halogens is 4. The van der Waals surface area contributed by atoms with Crippen LogP contribution in [0.15, 0.2) is 65.7 Å². The fraction of sp³-hybridized carbons (Fsp3) is 0.300. The molecule has 2 fully saturated rings. The van der Waals surface area contributed by atoms with E-state index >= 15 is 0 Å². The second-order valence-corrected chi connectivity index (χ2v) is 12.3. The second kappa shape index (κ2) is 12.4. The van der Waals surface area contributed by atoms with E-state index in [0.29, 0.717) is 0 Å². The van der Waals surface area contributed by atoms with E-state index in [-0.39, 0.29) is 45.4 Å². The molecule has 14 heteroatoms. The number of hydrogen-bond acceptors (Lipinski definition) is 6. The van der Waals surface area contributed by atoms with Gasteiger partial charge in [0.25, 0.3) is 11.8 Å². The summed E-state index contributed by atoms with van der Waals surface area (Å²) in [6.07, 6.45) is 1.32. The van der Waals surface area contributed by atoms with Gasteiger partial charge in [0, 0.05) is 69.7 Å². The SMILES string of the molecule is C[S@@](=O)c1cc(F)cc(N(C(=O)[C@@H]2CCC(=O)N2c2cc(C#N)ccn2)[C@H](C(=O)NC2CC(F)(F)C2)c2ccccc2Cl)c1. The van der Waals surface area contributed by atoms with Crippen LogP contribution in [0.25, 0.3) is 0 Å². The molecule has 0 spiro atoms. The van der Waals surface area contributed by atoms with Gasteiger partial charge in [0.05, 0.1) is 11.6 Å². The molecule has 44 heavy (non-hydrogen) atoms. The quantitative estimate of drug-likeness (QED) is 0.381. The molecule has 5 rings (SSSR count). The summed E-state index contributed by atoms with van der Waals surface area (Å²) in [5.74, 6) is -5.96. The minimum atomic E-state index is -2.95. The third-order valence-corrected chi connectivity index (χ3v) is 8.71. The number of rotatable bonds is 8. The number of pyridine rings is 1. The fourth-order valence-electron chi connectivity index (χ4n) is 5.38. The van der Waals surface area contributed by atoms with E-state index in [4.69, 9.17) is 11.6 Å². The molecule has 1 saturated heterocycles. The molecular weight excluding hydrogens is 619 g/mol. The maximum Gasteiger partial charge on any atom is 0.252 e. The molecule has 0 radical (unpaired) electrons. The molecule has 2 aromatic carbocycles. The van der Waals surface area contributed by atoms with E-state index in [2.05, 4.69) is 10.3 Å². The highest BCUT2D eigenvalue weighted by Crippen LogP contribution is 2.40. The number of amides is 3. The Kier molecular flexibility index (Phi) is 8.76. The Labute approximate surface area is 258 Å². The minimum Gasteiger partial charge on any atom is -0.351 e. The molecule has 1 aliphatic heterocycles. The zero-order chi connectivity index (χ0) is 31.8. The van der Waals surface area contributed by atoms with Gasteiger partial charge in [-0.3, -0.25) is 28.4 Å². The van der Waals surface area contributed by atoms with Gasteiger partial charge in [-0.2, -0.15) is 5.26 Å². The van der Waals surface area contributed by atoms with Gasteiger partial charge in [0.15, 0.2) is 0 Å². The van der Waals surface area contributed by atoms with Gasteiger partial charge in [-0.1, -0.05) is 29.8 Å². The predicted octanol–water partition coefficient (Wildman–Crippen LogP) is 4.67. The van der Waals surface area contributed by atoms with Gasteiger partial charge in [-0.25, -0.2) is 18.2 Å². The molecule has 228 valence electrons. The lowest BCUT2D eigenvalue weighted by atomic mass is 9.87. The van der Waals surface area contributed by atoms with Crippen LogP contribution in [-0.2, 0) is 25.2 Å². The summed E-state index contributed by atoms with van der Waals surface area (Å²) in [7, 11) is -1.70. The number of carbonyl (C=O) groups is 3. The summed E-state index contributed by atoms with van der Waals surface area (Å²) < 4.78 is 54.7. The number of benzene rings is 2. The average molecular weight is 644 g/mol. The number of nitrogens with zero attached hydrogens (tertiary/aromatic N) is 4. The van der Waals surface area contributed by atoms with Crippen LogP contribution < -0.4 is 15.1 Å². The second-order valence-electron chi connectivity index (χ2n) is 10.5. The maximum absolute atomic E-state index is 15.0. The Morgan fingerprint density at radius 3 is 2.59 bits per heavy atom. The normalized spacial score (nSPS) is 19.0. The smallest absolute Gasteiger partial charge is 0.252 e. The van der Waals surface area contributed by atoms with E-state index in [9.17, 15) is 37.0 Å². The molecule has 0 unspecified atom stereocenters. The molecule has 2 aliphatic rings. The molecule has 1 aliphatic carbocycles. The van der Waals surface area contributed by atoms with E-state index in [0.717, 1.165) is 21.9 Å². The van der Waals surface area contributed by atoms with Crippen molar-refractivity contribution in [3.63, 3.8) is 0 Å².